The lowest BCUT2D eigenvalue weighted by molar-refractivity contribution is 0.0960. The lowest BCUT2D eigenvalue weighted by Crippen LogP contribution is -2.49. The van der Waals surface area contributed by atoms with E-state index in [1.54, 1.807) is 4.90 Å². The molecular weight excluding hydrogens is 380 g/mol. The van der Waals surface area contributed by atoms with E-state index in [0.717, 1.165) is 17.8 Å². The third-order valence-electron chi connectivity index (χ3n) is 6.02. The van der Waals surface area contributed by atoms with Gasteiger partial charge in [0.05, 0.1) is 23.6 Å². The number of nitrogens with zero attached hydrogens (tertiary/aromatic N) is 4. The molecule has 1 aromatic carbocycles. The molecule has 1 amide bonds. The summed E-state index contributed by atoms with van der Waals surface area (Å²) in [4.78, 5) is 38.1. The van der Waals surface area contributed by atoms with Gasteiger partial charge in [0.15, 0.2) is 5.78 Å². The summed E-state index contributed by atoms with van der Waals surface area (Å²) in [6.07, 6.45) is 0.969. The first kappa shape index (κ1) is 20.3. The van der Waals surface area contributed by atoms with Crippen LogP contribution >= 0.6 is 0 Å². The number of aromatic nitrogens is 2. The van der Waals surface area contributed by atoms with Gasteiger partial charge in [-0.05, 0) is 44.2 Å². The number of aryl methyl sites for hydroxylation is 2. The van der Waals surface area contributed by atoms with Crippen molar-refractivity contribution in [3.8, 4) is 0 Å². The van der Waals surface area contributed by atoms with Crippen molar-refractivity contribution in [2.45, 2.75) is 39.5 Å². The van der Waals surface area contributed by atoms with E-state index in [9.17, 15) is 9.59 Å². The molecule has 7 nitrogen and oxygen atoms in total. The molecule has 0 unspecified atom stereocenters. The van der Waals surface area contributed by atoms with E-state index >= 15 is 0 Å². The van der Waals surface area contributed by atoms with Gasteiger partial charge in [0.25, 0.3) is 0 Å². The minimum atomic E-state index is -0.272. The van der Waals surface area contributed by atoms with Crippen LogP contribution < -0.4 is 4.90 Å². The molecule has 1 aromatic heterocycles. The molecule has 2 aromatic rings. The topological polar surface area (TPSA) is 75.6 Å². The van der Waals surface area contributed by atoms with Crippen LogP contribution in [0.2, 0.25) is 0 Å². The first-order valence-corrected chi connectivity index (χ1v) is 10.6. The molecule has 1 aliphatic heterocycles. The second kappa shape index (κ2) is 8.42. The van der Waals surface area contributed by atoms with Crippen LogP contribution in [0.5, 0.6) is 0 Å². The smallest absolute Gasteiger partial charge is 0.409 e. The van der Waals surface area contributed by atoms with Gasteiger partial charge in [0.1, 0.15) is 0 Å². The Kier molecular flexibility index (Phi) is 5.70. The summed E-state index contributed by atoms with van der Waals surface area (Å²) in [5, 5.41) is 0. The van der Waals surface area contributed by atoms with Crippen LogP contribution in [-0.4, -0.2) is 59.5 Å². The van der Waals surface area contributed by atoms with Gasteiger partial charge in [-0.1, -0.05) is 24.3 Å². The number of piperazine rings is 1. The first-order chi connectivity index (χ1) is 14.5. The van der Waals surface area contributed by atoms with Gasteiger partial charge in [0, 0.05) is 32.6 Å². The second-order valence-electron chi connectivity index (χ2n) is 7.99. The molecule has 158 valence electrons. The number of anilines is 1. The number of amides is 1. The predicted octanol–water partition coefficient (Wildman–Crippen LogP) is 3.28. The van der Waals surface area contributed by atoms with Gasteiger partial charge in [-0.15, -0.1) is 0 Å². The fraction of sp³-hybridized carbons (Fsp3) is 0.478. The maximum atomic E-state index is 12.9. The Morgan fingerprint density at radius 2 is 1.83 bits per heavy atom. The van der Waals surface area contributed by atoms with Crippen molar-refractivity contribution in [3.05, 3.63) is 52.3 Å². The standard InChI is InChI=1S/C23H28N4O3/c1-4-30-23(29)27-11-9-26(10-12-27)22-24-16(3)21-19(25-22)13-17(14-20(21)28)18-8-6-5-7-15(18)2/h5-8,17H,4,9-14H2,1-3H3/t17-/m0/s1. The van der Waals surface area contributed by atoms with Crippen LogP contribution in [0.1, 0.15) is 52.1 Å². The van der Waals surface area contributed by atoms with Crippen molar-refractivity contribution in [2.24, 2.45) is 0 Å². The summed E-state index contributed by atoms with van der Waals surface area (Å²) >= 11 is 0. The Morgan fingerprint density at radius 3 is 2.53 bits per heavy atom. The highest BCUT2D eigenvalue weighted by Crippen LogP contribution is 2.35. The van der Waals surface area contributed by atoms with Gasteiger partial charge < -0.3 is 14.5 Å². The predicted molar refractivity (Wildman–Crippen MR) is 114 cm³/mol. The number of benzene rings is 1. The highest BCUT2D eigenvalue weighted by Gasteiger charge is 2.32. The van der Waals surface area contributed by atoms with Gasteiger partial charge in [-0.25, -0.2) is 14.8 Å². The monoisotopic (exact) mass is 408 g/mol. The lowest BCUT2D eigenvalue weighted by atomic mass is 9.80. The molecule has 1 saturated heterocycles. The molecule has 0 bridgehead atoms. The number of Topliss-reactive ketones (excluding diaryl/α,β-unsaturated/α-hetero) is 1. The molecule has 1 fully saturated rings. The van der Waals surface area contributed by atoms with Crippen LogP contribution in [0.4, 0.5) is 10.7 Å². The molecule has 1 aliphatic carbocycles. The molecule has 0 saturated carbocycles. The van der Waals surface area contributed by atoms with E-state index in [1.165, 1.54) is 11.1 Å². The zero-order valence-electron chi connectivity index (χ0n) is 17.9. The number of carbonyl (C=O) groups is 2. The summed E-state index contributed by atoms with van der Waals surface area (Å²) in [5.74, 6) is 0.919. The van der Waals surface area contributed by atoms with Gasteiger partial charge in [-0.2, -0.15) is 0 Å². The molecule has 0 N–H and O–H groups in total. The lowest BCUT2D eigenvalue weighted by Gasteiger charge is -2.35. The molecule has 0 radical (unpaired) electrons. The van der Waals surface area contributed by atoms with Gasteiger partial charge >= 0.3 is 6.09 Å². The van der Waals surface area contributed by atoms with Crippen LogP contribution in [0.25, 0.3) is 0 Å². The fourth-order valence-corrected chi connectivity index (χ4v) is 4.47. The highest BCUT2D eigenvalue weighted by atomic mass is 16.6. The summed E-state index contributed by atoms with van der Waals surface area (Å²) in [6.45, 7) is 8.61. The van der Waals surface area contributed by atoms with Crippen molar-refractivity contribution in [2.75, 3.05) is 37.7 Å². The molecule has 1 atom stereocenters. The first-order valence-electron chi connectivity index (χ1n) is 10.6. The molecular formula is C23H28N4O3. The van der Waals surface area contributed by atoms with Crippen molar-refractivity contribution in [1.82, 2.24) is 14.9 Å². The minimum absolute atomic E-state index is 0.126. The van der Waals surface area contributed by atoms with Gasteiger partial charge in [0.2, 0.25) is 5.95 Å². The zero-order chi connectivity index (χ0) is 21.3. The normalized spacial score (nSPS) is 18.9. The Balaban J connectivity index is 1.56. The second-order valence-corrected chi connectivity index (χ2v) is 7.99. The van der Waals surface area contributed by atoms with Gasteiger partial charge in [-0.3, -0.25) is 4.79 Å². The van der Waals surface area contributed by atoms with E-state index in [4.69, 9.17) is 9.72 Å². The Bertz CT molecular complexity index is 967. The summed E-state index contributed by atoms with van der Waals surface area (Å²) in [7, 11) is 0. The van der Waals surface area contributed by atoms with E-state index in [-0.39, 0.29) is 17.8 Å². The largest absolute Gasteiger partial charge is 0.450 e. The third kappa shape index (κ3) is 3.88. The Morgan fingerprint density at radius 1 is 1.10 bits per heavy atom. The SMILES string of the molecule is CCOC(=O)N1CCN(c2nc(C)c3c(n2)C[C@H](c2ccccc2C)CC3=O)CC1. The van der Waals surface area contributed by atoms with Crippen molar-refractivity contribution in [1.29, 1.82) is 0 Å². The van der Waals surface area contributed by atoms with Crippen molar-refractivity contribution >= 4 is 17.8 Å². The number of hydrogen-bond acceptors (Lipinski definition) is 6. The number of fused-ring (bicyclic) bond motifs is 1. The number of ether oxygens (including phenoxy) is 1. The zero-order valence-corrected chi connectivity index (χ0v) is 17.9. The fourth-order valence-electron chi connectivity index (χ4n) is 4.47. The average molecular weight is 409 g/mol. The number of carbonyl (C=O) groups excluding carboxylic acids is 2. The van der Waals surface area contributed by atoms with Crippen molar-refractivity contribution in [3.63, 3.8) is 0 Å². The summed E-state index contributed by atoms with van der Waals surface area (Å²) in [5.41, 5.74) is 4.71. The van der Waals surface area contributed by atoms with Crippen molar-refractivity contribution < 1.29 is 14.3 Å². The maximum absolute atomic E-state index is 12.9. The molecule has 7 heteroatoms. The minimum Gasteiger partial charge on any atom is -0.450 e. The van der Waals surface area contributed by atoms with Crippen LogP contribution in [0.15, 0.2) is 24.3 Å². The van der Waals surface area contributed by atoms with E-state index < -0.39 is 0 Å². The van der Waals surface area contributed by atoms with E-state index in [2.05, 4.69) is 28.9 Å². The maximum Gasteiger partial charge on any atom is 0.409 e. The molecule has 2 heterocycles. The van der Waals surface area contributed by atoms with E-state index in [1.807, 2.05) is 26.0 Å². The number of ketones is 1. The number of rotatable bonds is 3. The molecule has 2 aliphatic rings. The van der Waals surface area contributed by atoms with E-state index in [0.29, 0.717) is 50.7 Å². The average Bonchev–Trinajstić information content (AvgIpc) is 2.73. The highest BCUT2D eigenvalue weighted by molar-refractivity contribution is 5.99. The Labute approximate surface area is 177 Å². The quantitative estimate of drug-likeness (QED) is 0.776. The molecule has 30 heavy (non-hydrogen) atoms. The van der Waals surface area contributed by atoms with Crippen LogP contribution in [0, 0.1) is 13.8 Å². The number of hydrogen-bond donors (Lipinski definition) is 0. The molecule has 4 rings (SSSR count). The summed E-state index contributed by atoms with van der Waals surface area (Å²) < 4.78 is 5.09. The van der Waals surface area contributed by atoms with Crippen LogP contribution in [-0.2, 0) is 11.2 Å². The third-order valence-corrected chi connectivity index (χ3v) is 6.02. The summed E-state index contributed by atoms with van der Waals surface area (Å²) in [6, 6.07) is 8.26. The molecule has 0 spiro atoms. The van der Waals surface area contributed by atoms with Crippen LogP contribution in [0.3, 0.4) is 0 Å². The Hall–Kier alpha value is -2.96.